The van der Waals surface area contributed by atoms with Gasteiger partial charge in [-0.3, -0.25) is 4.98 Å². The highest BCUT2D eigenvalue weighted by molar-refractivity contribution is 9.10. The van der Waals surface area contributed by atoms with Crippen molar-refractivity contribution in [3.05, 3.63) is 63.9 Å². The van der Waals surface area contributed by atoms with Gasteiger partial charge in [0.25, 0.3) is 0 Å². The van der Waals surface area contributed by atoms with Gasteiger partial charge in [0.2, 0.25) is 0 Å². The van der Waals surface area contributed by atoms with Gasteiger partial charge in [0.15, 0.2) is 0 Å². The summed E-state index contributed by atoms with van der Waals surface area (Å²) in [4.78, 5) is 4.02. The van der Waals surface area contributed by atoms with Crippen molar-refractivity contribution in [2.24, 2.45) is 0 Å². The van der Waals surface area contributed by atoms with Crippen molar-refractivity contribution in [3.63, 3.8) is 0 Å². The SMILES string of the molecule is OC1(Cc2ccncc2)CCc2cc(Br)ccc2C1. The summed E-state index contributed by atoms with van der Waals surface area (Å²) in [6, 6.07) is 10.3. The normalized spacial score (nSPS) is 22.0. The predicted molar refractivity (Wildman–Crippen MR) is 79.1 cm³/mol. The Morgan fingerprint density at radius 1 is 1.16 bits per heavy atom. The molecule has 0 bridgehead atoms. The Kier molecular flexibility index (Phi) is 3.42. The lowest BCUT2D eigenvalue weighted by molar-refractivity contribution is 0.0267. The van der Waals surface area contributed by atoms with Crippen LogP contribution in [0.5, 0.6) is 0 Å². The minimum atomic E-state index is -0.623. The molecule has 1 aliphatic carbocycles. The third-order valence-electron chi connectivity index (χ3n) is 3.83. The fraction of sp³-hybridized carbons (Fsp3) is 0.312. The lowest BCUT2D eigenvalue weighted by Crippen LogP contribution is -2.38. The zero-order chi connectivity index (χ0) is 13.3. The van der Waals surface area contributed by atoms with E-state index in [-0.39, 0.29) is 0 Å². The van der Waals surface area contributed by atoms with Crippen LogP contribution in [0.1, 0.15) is 23.1 Å². The van der Waals surface area contributed by atoms with Crippen LogP contribution in [0.2, 0.25) is 0 Å². The van der Waals surface area contributed by atoms with Gasteiger partial charge < -0.3 is 5.11 Å². The number of rotatable bonds is 2. The summed E-state index contributed by atoms with van der Waals surface area (Å²) in [6.07, 6.45) is 6.76. The number of nitrogens with zero attached hydrogens (tertiary/aromatic N) is 1. The van der Waals surface area contributed by atoms with Crippen LogP contribution in [0, 0.1) is 0 Å². The number of halogens is 1. The van der Waals surface area contributed by atoms with Crippen LogP contribution in [0.15, 0.2) is 47.2 Å². The maximum absolute atomic E-state index is 10.8. The van der Waals surface area contributed by atoms with Crippen molar-refractivity contribution in [2.45, 2.75) is 31.3 Å². The van der Waals surface area contributed by atoms with Gasteiger partial charge in [-0.05, 0) is 53.8 Å². The standard InChI is InChI=1S/C16H16BrNO/c17-15-2-1-14-11-16(19,6-3-13(14)9-15)10-12-4-7-18-8-5-12/h1-2,4-5,7-9,19H,3,6,10-11H2. The molecule has 1 heterocycles. The molecule has 1 aromatic heterocycles. The highest BCUT2D eigenvalue weighted by Crippen LogP contribution is 2.32. The first-order chi connectivity index (χ1) is 9.15. The van der Waals surface area contributed by atoms with Gasteiger partial charge in [-0.25, -0.2) is 0 Å². The van der Waals surface area contributed by atoms with E-state index in [1.165, 1.54) is 11.1 Å². The molecule has 0 amide bonds. The summed E-state index contributed by atoms with van der Waals surface area (Å²) in [7, 11) is 0. The summed E-state index contributed by atoms with van der Waals surface area (Å²) in [5.41, 5.74) is 3.15. The van der Waals surface area contributed by atoms with E-state index in [0.717, 1.165) is 29.3 Å². The number of hydrogen-bond acceptors (Lipinski definition) is 2. The Hall–Kier alpha value is -1.19. The van der Waals surface area contributed by atoms with Crippen molar-refractivity contribution < 1.29 is 5.11 Å². The summed E-state index contributed by atoms with van der Waals surface area (Å²) in [5, 5.41) is 10.8. The Bertz CT molecular complexity index is 585. The van der Waals surface area contributed by atoms with Gasteiger partial charge in [-0.1, -0.05) is 22.0 Å². The fourth-order valence-corrected chi connectivity index (χ4v) is 3.25. The number of hydrogen-bond donors (Lipinski definition) is 1. The van der Waals surface area contributed by atoms with E-state index in [1.807, 2.05) is 12.1 Å². The van der Waals surface area contributed by atoms with Crippen molar-refractivity contribution >= 4 is 15.9 Å². The molecule has 0 saturated heterocycles. The number of aryl methyl sites for hydroxylation is 1. The molecule has 1 atom stereocenters. The Labute approximate surface area is 121 Å². The first kappa shape index (κ1) is 12.8. The highest BCUT2D eigenvalue weighted by Gasteiger charge is 2.32. The molecule has 1 aliphatic rings. The first-order valence-corrected chi connectivity index (χ1v) is 7.33. The molecule has 1 N–H and O–H groups in total. The van der Waals surface area contributed by atoms with Crippen LogP contribution >= 0.6 is 15.9 Å². The van der Waals surface area contributed by atoms with Crippen molar-refractivity contribution in [1.29, 1.82) is 0 Å². The van der Waals surface area contributed by atoms with E-state index in [9.17, 15) is 5.11 Å². The minimum Gasteiger partial charge on any atom is -0.389 e. The molecule has 1 aromatic carbocycles. The molecule has 19 heavy (non-hydrogen) atoms. The number of fused-ring (bicyclic) bond motifs is 1. The lowest BCUT2D eigenvalue weighted by atomic mass is 9.77. The van der Waals surface area contributed by atoms with Crippen molar-refractivity contribution in [2.75, 3.05) is 0 Å². The minimum absolute atomic E-state index is 0.623. The smallest absolute Gasteiger partial charge is 0.0731 e. The third kappa shape index (κ3) is 2.88. The molecule has 0 spiro atoms. The van der Waals surface area contributed by atoms with E-state index < -0.39 is 5.60 Å². The summed E-state index contributed by atoms with van der Waals surface area (Å²) in [5.74, 6) is 0. The molecule has 1 unspecified atom stereocenters. The van der Waals surface area contributed by atoms with E-state index in [2.05, 4.69) is 39.1 Å². The largest absolute Gasteiger partial charge is 0.389 e. The molecule has 2 aromatic rings. The first-order valence-electron chi connectivity index (χ1n) is 6.53. The summed E-state index contributed by atoms with van der Waals surface area (Å²) < 4.78 is 1.12. The van der Waals surface area contributed by atoms with Crippen LogP contribution in [0.25, 0.3) is 0 Å². The number of benzene rings is 1. The van der Waals surface area contributed by atoms with E-state index in [0.29, 0.717) is 6.42 Å². The quantitative estimate of drug-likeness (QED) is 0.921. The molecule has 2 nitrogen and oxygen atoms in total. The molecule has 0 radical (unpaired) electrons. The number of pyridine rings is 1. The second kappa shape index (κ2) is 5.06. The van der Waals surface area contributed by atoms with E-state index >= 15 is 0 Å². The molecular weight excluding hydrogens is 302 g/mol. The number of aromatic nitrogens is 1. The van der Waals surface area contributed by atoms with E-state index in [1.54, 1.807) is 12.4 Å². The van der Waals surface area contributed by atoms with Crippen LogP contribution < -0.4 is 0 Å². The van der Waals surface area contributed by atoms with Gasteiger partial charge in [0, 0.05) is 29.7 Å². The molecule has 3 rings (SSSR count). The molecule has 3 heteroatoms. The lowest BCUT2D eigenvalue weighted by Gasteiger charge is -2.33. The maximum Gasteiger partial charge on any atom is 0.0731 e. The van der Waals surface area contributed by atoms with Crippen molar-refractivity contribution in [1.82, 2.24) is 4.98 Å². The second-order valence-electron chi connectivity index (χ2n) is 5.35. The summed E-state index contributed by atoms with van der Waals surface area (Å²) in [6.45, 7) is 0. The molecule has 0 saturated carbocycles. The van der Waals surface area contributed by atoms with Crippen LogP contribution in [-0.4, -0.2) is 15.7 Å². The average molecular weight is 318 g/mol. The second-order valence-corrected chi connectivity index (χ2v) is 6.26. The predicted octanol–water partition coefficient (Wildman–Crippen LogP) is 3.31. The molecular formula is C16H16BrNO. The molecule has 98 valence electrons. The van der Waals surface area contributed by atoms with Gasteiger partial charge in [0.1, 0.15) is 0 Å². The molecule has 0 aliphatic heterocycles. The van der Waals surface area contributed by atoms with Crippen LogP contribution in [-0.2, 0) is 19.3 Å². The topological polar surface area (TPSA) is 33.1 Å². The van der Waals surface area contributed by atoms with Gasteiger partial charge in [0.05, 0.1) is 5.60 Å². The van der Waals surface area contributed by atoms with Gasteiger partial charge >= 0.3 is 0 Å². The number of aliphatic hydroxyl groups is 1. The Balaban J connectivity index is 1.82. The zero-order valence-electron chi connectivity index (χ0n) is 10.6. The van der Waals surface area contributed by atoms with Crippen LogP contribution in [0.3, 0.4) is 0 Å². The Morgan fingerprint density at radius 2 is 1.95 bits per heavy atom. The van der Waals surface area contributed by atoms with Crippen molar-refractivity contribution in [3.8, 4) is 0 Å². The molecule has 0 fully saturated rings. The third-order valence-corrected chi connectivity index (χ3v) is 4.32. The van der Waals surface area contributed by atoms with Crippen LogP contribution in [0.4, 0.5) is 0 Å². The highest BCUT2D eigenvalue weighted by atomic mass is 79.9. The Morgan fingerprint density at radius 3 is 2.74 bits per heavy atom. The van der Waals surface area contributed by atoms with Gasteiger partial charge in [-0.2, -0.15) is 0 Å². The van der Waals surface area contributed by atoms with E-state index in [4.69, 9.17) is 0 Å². The zero-order valence-corrected chi connectivity index (χ0v) is 12.2. The fourth-order valence-electron chi connectivity index (χ4n) is 2.84. The summed E-state index contributed by atoms with van der Waals surface area (Å²) >= 11 is 3.50. The average Bonchev–Trinajstić information content (AvgIpc) is 2.40. The monoisotopic (exact) mass is 317 g/mol. The van der Waals surface area contributed by atoms with Gasteiger partial charge in [-0.15, -0.1) is 0 Å². The maximum atomic E-state index is 10.8.